The first-order chi connectivity index (χ1) is 8.92. The van der Waals surface area contributed by atoms with Gasteiger partial charge in [0.05, 0.1) is 19.0 Å². The minimum absolute atomic E-state index is 0.0937. The van der Waals surface area contributed by atoms with Crippen LogP contribution < -0.4 is 0 Å². The van der Waals surface area contributed by atoms with Crippen molar-refractivity contribution in [1.82, 2.24) is 9.80 Å². The fourth-order valence-corrected chi connectivity index (χ4v) is 2.37. The summed E-state index contributed by atoms with van der Waals surface area (Å²) in [7, 11) is 0. The van der Waals surface area contributed by atoms with Gasteiger partial charge in [0.25, 0.3) is 0 Å². The molecule has 0 aromatic heterocycles. The Hall–Kier alpha value is -1.43. The van der Waals surface area contributed by atoms with Gasteiger partial charge in [-0.05, 0) is 26.3 Å². The quantitative estimate of drug-likeness (QED) is 0.689. The van der Waals surface area contributed by atoms with Crippen LogP contribution in [-0.2, 0) is 14.4 Å². The predicted molar refractivity (Wildman–Crippen MR) is 69.5 cm³/mol. The monoisotopic (exact) mass is 270 g/mol. The van der Waals surface area contributed by atoms with Crippen LogP contribution in [0.25, 0.3) is 0 Å². The van der Waals surface area contributed by atoms with Gasteiger partial charge in [0.1, 0.15) is 0 Å². The third-order valence-electron chi connectivity index (χ3n) is 3.48. The Labute approximate surface area is 113 Å². The number of aliphatic carboxylic acids is 1. The molecule has 1 rings (SSSR count). The van der Waals surface area contributed by atoms with Crippen molar-refractivity contribution in [3.63, 3.8) is 0 Å². The number of carbonyl (C=O) groups is 3. The Morgan fingerprint density at radius 1 is 1.47 bits per heavy atom. The third-order valence-corrected chi connectivity index (χ3v) is 3.48. The van der Waals surface area contributed by atoms with E-state index in [-0.39, 0.29) is 30.8 Å². The molecule has 0 aromatic carbocycles. The molecule has 0 aliphatic carbocycles. The van der Waals surface area contributed by atoms with Crippen molar-refractivity contribution < 1.29 is 19.5 Å². The van der Waals surface area contributed by atoms with Crippen molar-refractivity contribution in [3.8, 4) is 0 Å². The molecule has 0 saturated carbocycles. The minimum Gasteiger partial charge on any atom is -0.480 e. The molecule has 2 unspecified atom stereocenters. The van der Waals surface area contributed by atoms with Gasteiger partial charge in [0.2, 0.25) is 11.8 Å². The SMILES string of the molecule is CCCN(CC(=O)O)C1CC(=O)N(C(C)CC)C1=O. The van der Waals surface area contributed by atoms with E-state index in [0.717, 1.165) is 6.42 Å². The number of rotatable bonds is 7. The molecule has 1 aliphatic rings. The van der Waals surface area contributed by atoms with Crippen molar-refractivity contribution >= 4 is 17.8 Å². The summed E-state index contributed by atoms with van der Waals surface area (Å²) in [6.07, 6.45) is 1.54. The van der Waals surface area contributed by atoms with E-state index in [0.29, 0.717) is 13.0 Å². The van der Waals surface area contributed by atoms with Gasteiger partial charge in [-0.15, -0.1) is 0 Å². The molecule has 1 aliphatic heterocycles. The first kappa shape index (κ1) is 15.6. The van der Waals surface area contributed by atoms with E-state index in [1.54, 1.807) is 4.90 Å². The number of hydrogen-bond acceptors (Lipinski definition) is 4. The molecule has 0 spiro atoms. The molecule has 0 aromatic rings. The Kier molecular flexibility index (Phi) is 5.47. The smallest absolute Gasteiger partial charge is 0.317 e. The molecule has 1 N–H and O–H groups in total. The summed E-state index contributed by atoms with van der Waals surface area (Å²) in [5.41, 5.74) is 0. The van der Waals surface area contributed by atoms with E-state index in [1.165, 1.54) is 4.90 Å². The molecular formula is C13H22N2O4. The number of nitrogens with zero attached hydrogens (tertiary/aromatic N) is 2. The average molecular weight is 270 g/mol. The number of hydrogen-bond donors (Lipinski definition) is 1. The Morgan fingerprint density at radius 2 is 2.11 bits per heavy atom. The summed E-state index contributed by atoms with van der Waals surface area (Å²) in [4.78, 5) is 37.9. The Morgan fingerprint density at radius 3 is 2.58 bits per heavy atom. The number of amides is 2. The molecule has 2 atom stereocenters. The second-order valence-electron chi connectivity index (χ2n) is 4.94. The number of likely N-dealkylation sites (tertiary alicyclic amines) is 1. The molecular weight excluding hydrogens is 248 g/mol. The fourth-order valence-electron chi connectivity index (χ4n) is 2.37. The molecule has 19 heavy (non-hydrogen) atoms. The van der Waals surface area contributed by atoms with Crippen LogP contribution >= 0.6 is 0 Å². The molecule has 1 fully saturated rings. The molecule has 0 radical (unpaired) electrons. The summed E-state index contributed by atoms with van der Waals surface area (Å²) in [6, 6.07) is -0.740. The lowest BCUT2D eigenvalue weighted by molar-refractivity contribution is -0.142. The van der Waals surface area contributed by atoms with Crippen molar-refractivity contribution in [3.05, 3.63) is 0 Å². The zero-order valence-electron chi connectivity index (χ0n) is 11.8. The highest BCUT2D eigenvalue weighted by Gasteiger charge is 2.43. The molecule has 2 amide bonds. The zero-order chi connectivity index (χ0) is 14.6. The maximum atomic E-state index is 12.3. The van der Waals surface area contributed by atoms with E-state index in [4.69, 9.17) is 5.11 Å². The van der Waals surface area contributed by atoms with Crippen LogP contribution in [0.15, 0.2) is 0 Å². The van der Waals surface area contributed by atoms with Crippen LogP contribution in [0.5, 0.6) is 0 Å². The molecule has 1 heterocycles. The van der Waals surface area contributed by atoms with E-state index < -0.39 is 12.0 Å². The fraction of sp³-hybridized carbons (Fsp3) is 0.769. The van der Waals surface area contributed by atoms with Gasteiger partial charge < -0.3 is 5.11 Å². The van der Waals surface area contributed by atoms with Gasteiger partial charge >= 0.3 is 5.97 Å². The van der Waals surface area contributed by atoms with Crippen molar-refractivity contribution in [1.29, 1.82) is 0 Å². The second-order valence-corrected chi connectivity index (χ2v) is 4.94. The topological polar surface area (TPSA) is 77.9 Å². The molecule has 6 heteroatoms. The van der Waals surface area contributed by atoms with Crippen LogP contribution in [0.3, 0.4) is 0 Å². The minimum atomic E-state index is -0.976. The van der Waals surface area contributed by atoms with E-state index in [2.05, 4.69) is 0 Å². The van der Waals surface area contributed by atoms with Crippen molar-refractivity contribution in [2.75, 3.05) is 13.1 Å². The number of carbonyl (C=O) groups excluding carboxylic acids is 2. The number of carboxylic acids is 1. The van der Waals surface area contributed by atoms with Crippen LogP contribution in [0, 0.1) is 0 Å². The lowest BCUT2D eigenvalue weighted by atomic mass is 10.2. The normalized spacial score (nSPS) is 21.3. The highest BCUT2D eigenvalue weighted by molar-refractivity contribution is 6.06. The van der Waals surface area contributed by atoms with E-state index >= 15 is 0 Å². The predicted octanol–water partition coefficient (Wildman–Crippen LogP) is 0.709. The lowest BCUT2D eigenvalue weighted by Crippen LogP contribution is -2.46. The highest BCUT2D eigenvalue weighted by Crippen LogP contribution is 2.22. The maximum Gasteiger partial charge on any atom is 0.317 e. The van der Waals surface area contributed by atoms with Crippen LogP contribution in [-0.4, -0.2) is 57.9 Å². The second kappa shape index (κ2) is 6.65. The highest BCUT2D eigenvalue weighted by atomic mass is 16.4. The van der Waals surface area contributed by atoms with E-state index in [1.807, 2.05) is 20.8 Å². The number of imide groups is 1. The van der Waals surface area contributed by atoms with Crippen LogP contribution in [0.4, 0.5) is 0 Å². The lowest BCUT2D eigenvalue weighted by Gasteiger charge is -2.26. The zero-order valence-corrected chi connectivity index (χ0v) is 11.8. The van der Waals surface area contributed by atoms with Gasteiger partial charge in [0, 0.05) is 6.04 Å². The first-order valence-electron chi connectivity index (χ1n) is 6.74. The van der Waals surface area contributed by atoms with Gasteiger partial charge in [-0.3, -0.25) is 24.2 Å². The average Bonchev–Trinajstić information content (AvgIpc) is 2.63. The first-order valence-corrected chi connectivity index (χ1v) is 6.74. The maximum absolute atomic E-state index is 12.3. The summed E-state index contributed by atoms with van der Waals surface area (Å²) in [5.74, 6) is -1.43. The Balaban J connectivity index is 2.85. The van der Waals surface area contributed by atoms with Crippen molar-refractivity contribution in [2.24, 2.45) is 0 Å². The third kappa shape index (κ3) is 3.53. The molecule has 108 valence electrons. The molecule has 1 saturated heterocycles. The van der Waals surface area contributed by atoms with Crippen LogP contribution in [0.1, 0.15) is 40.0 Å². The van der Waals surface area contributed by atoms with Gasteiger partial charge in [-0.25, -0.2) is 0 Å². The Bertz CT molecular complexity index is 370. The largest absolute Gasteiger partial charge is 0.480 e. The summed E-state index contributed by atoms with van der Waals surface area (Å²) in [5, 5.41) is 8.89. The summed E-state index contributed by atoms with van der Waals surface area (Å²) >= 11 is 0. The molecule has 6 nitrogen and oxygen atoms in total. The summed E-state index contributed by atoms with van der Waals surface area (Å²) in [6.45, 7) is 5.97. The summed E-state index contributed by atoms with van der Waals surface area (Å²) < 4.78 is 0. The van der Waals surface area contributed by atoms with E-state index in [9.17, 15) is 14.4 Å². The molecule has 0 bridgehead atoms. The van der Waals surface area contributed by atoms with Gasteiger partial charge in [-0.2, -0.15) is 0 Å². The van der Waals surface area contributed by atoms with Crippen LogP contribution in [0.2, 0.25) is 0 Å². The standard InChI is InChI=1S/C13H22N2O4/c1-4-6-14(8-12(17)18)10-7-11(16)15(13(10)19)9(3)5-2/h9-10H,4-8H2,1-3H3,(H,17,18). The van der Waals surface area contributed by atoms with Crippen molar-refractivity contribution in [2.45, 2.75) is 52.1 Å². The number of carboxylic acid groups (broad SMARTS) is 1. The van der Waals surface area contributed by atoms with Gasteiger partial charge in [-0.1, -0.05) is 13.8 Å². The van der Waals surface area contributed by atoms with Gasteiger partial charge in [0.15, 0.2) is 0 Å².